The number of aromatic nitrogens is 1. The molecule has 0 unspecified atom stereocenters. The van der Waals surface area contributed by atoms with Crippen molar-refractivity contribution in [2.75, 3.05) is 37.6 Å². The fraction of sp³-hybridized carbons (Fsp3) is 0.333. The van der Waals surface area contributed by atoms with Gasteiger partial charge in [0.2, 0.25) is 11.8 Å². The quantitative estimate of drug-likeness (QED) is 0.810. The number of piperazine rings is 1. The topological polar surface area (TPSA) is 73.8 Å². The molecule has 0 N–H and O–H groups in total. The number of para-hydroxylation sites is 1. The van der Waals surface area contributed by atoms with Gasteiger partial charge in [0.1, 0.15) is 0 Å². The molecular formula is C21H22N4O3. The highest BCUT2D eigenvalue weighted by atomic mass is 16.2. The molecule has 2 saturated heterocycles. The molecule has 2 aromatic rings. The molecule has 0 spiro atoms. The van der Waals surface area contributed by atoms with Gasteiger partial charge in [0.05, 0.1) is 5.92 Å². The van der Waals surface area contributed by atoms with E-state index in [4.69, 9.17) is 0 Å². The van der Waals surface area contributed by atoms with Gasteiger partial charge in [-0.05, 0) is 24.3 Å². The van der Waals surface area contributed by atoms with Crippen LogP contribution in [0.4, 0.5) is 5.69 Å². The zero-order valence-corrected chi connectivity index (χ0v) is 15.5. The maximum absolute atomic E-state index is 12.9. The van der Waals surface area contributed by atoms with Crippen LogP contribution in [-0.4, -0.2) is 65.2 Å². The van der Waals surface area contributed by atoms with Gasteiger partial charge in [-0.1, -0.05) is 18.2 Å². The second-order valence-electron chi connectivity index (χ2n) is 7.09. The summed E-state index contributed by atoms with van der Waals surface area (Å²) in [7, 11) is 0. The number of nitrogens with zero attached hydrogens (tertiary/aromatic N) is 4. The number of amides is 3. The highest BCUT2D eigenvalue weighted by Crippen LogP contribution is 2.26. The van der Waals surface area contributed by atoms with Crippen LogP contribution in [0, 0.1) is 5.92 Å². The predicted molar refractivity (Wildman–Crippen MR) is 104 cm³/mol. The largest absolute Gasteiger partial charge is 0.339 e. The van der Waals surface area contributed by atoms with Crippen molar-refractivity contribution in [1.82, 2.24) is 14.8 Å². The van der Waals surface area contributed by atoms with Crippen LogP contribution >= 0.6 is 0 Å². The van der Waals surface area contributed by atoms with E-state index in [0.717, 1.165) is 5.69 Å². The minimum atomic E-state index is -0.324. The Balaban J connectivity index is 1.34. The molecule has 7 heteroatoms. The van der Waals surface area contributed by atoms with Gasteiger partial charge in [-0.15, -0.1) is 0 Å². The van der Waals surface area contributed by atoms with Crippen LogP contribution in [0.5, 0.6) is 0 Å². The highest BCUT2D eigenvalue weighted by molar-refractivity contribution is 6.00. The first kappa shape index (κ1) is 18.2. The summed E-state index contributed by atoms with van der Waals surface area (Å²) in [6.45, 7) is 2.39. The highest BCUT2D eigenvalue weighted by Gasteiger charge is 2.38. The number of hydrogen-bond acceptors (Lipinski definition) is 4. The molecule has 2 aliphatic rings. The van der Waals surface area contributed by atoms with Crippen molar-refractivity contribution in [2.24, 2.45) is 5.92 Å². The third kappa shape index (κ3) is 3.60. The van der Waals surface area contributed by atoms with Crippen molar-refractivity contribution >= 4 is 23.4 Å². The van der Waals surface area contributed by atoms with E-state index in [9.17, 15) is 14.4 Å². The van der Waals surface area contributed by atoms with Crippen LogP contribution in [0.1, 0.15) is 16.8 Å². The van der Waals surface area contributed by atoms with Gasteiger partial charge in [0, 0.05) is 62.8 Å². The van der Waals surface area contributed by atoms with E-state index in [-0.39, 0.29) is 30.1 Å². The van der Waals surface area contributed by atoms with Gasteiger partial charge in [-0.2, -0.15) is 0 Å². The molecule has 0 aliphatic carbocycles. The third-order valence-electron chi connectivity index (χ3n) is 5.35. The number of rotatable bonds is 3. The minimum absolute atomic E-state index is 0.00258. The first-order chi connectivity index (χ1) is 13.6. The second-order valence-corrected chi connectivity index (χ2v) is 7.09. The summed E-state index contributed by atoms with van der Waals surface area (Å²) in [5.41, 5.74) is 1.44. The van der Waals surface area contributed by atoms with Crippen LogP contribution in [0.3, 0.4) is 0 Å². The summed E-state index contributed by atoms with van der Waals surface area (Å²) in [6.07, 6.45) is 3.44. The first-order valence-corrected chi connectivity index (χ1v) is 9.47. The Labute approximate surface area is 163 Å². The molecule has 2 aliphatic heterocycles. The van der Waals surface area contributed by atoms with Gasteiger partial charge in [-0.25, -0.2) is 0 Å². The lowest BCUT2D eigenvalue weighted by Gasteiger charge is -2.36. The summed E-state index contributed by atoms with van der Waals surface area (Å²) in [5.74, 6) is -0.380. The molecular weight excluding hydrogens is 356 g/mol. The molecule has 1 atom stereocenters. The fourth-order valence-electron chi connectivity index (χ4n) is 3.80. The van der Waals surface area contributed by atoms with Crippen LogP contribution in [0.2, 0.25) is 0 Å². The lowest BCUT2D eigenvalue weighted by atomic mass is 10.1. The number of pyridine rings is 1. The van der Waals surface area contributed by atoms with Crippen molar-refractivity contribution in [3.05, 3.63) is 60.4 Å². The number of benzene rings is 1. The molecule has 4 rings (SSSR count). The van der Waals surface area contributed by atoms with E-state index >= 15 is 0 Å². The van der Waals surface area contributed by atoms with Gasteiger partial charge >= 0.3 is 0 Å². The van der Waals surface area contributed by atoms with Gasteiger partial charge in [0.15, 0.2) is 0 Å². The van der Waals surface area contributed by atoms with Crippen molar-refractivity contribution in [1.29, 1.82) is 0 Å². The minimum Gasteiger partial charge on any atom is -0.339 e. The number of carbonyl (C=O) groups is 3. The molecule has 28 heavy (non-hydrogen) atoms. The Bertz CT molecular complexity index is 864. The zero-order valence-electron chi connectivity index (χ0n) is 15.5. The van der Waals surface area contributed by atoms with E-state index in [0.29, 0.717) is 38.3 Å². The van der Waals surface area contributed by atoms with Crippen molar-refractivity contribution in [3.8, 4) is 0 Å². The lowest BCUT2D eigenvalue weighted by molar-refractivity contribution is -0.137. The molecule has 0 saturated carbocycles. The Hall–Kier alpha value is -3.22. The first-order valence-electron chi connectivity index (χ1n) is 9.47. The molecule has 7 nitrogen and oxygen atoms in total. The molecule has 3 amide bonds. The average Bonchev–Trinajstić information content (AvgIpc) is 3.15. The Morgan fingerprint density at radius 3 is 2.21 bits per heavy atom. The maximum atomic E-state index is 12.9. The summed E-state index contributed by atoms with van der Waals surface area (Å²) >= 11 is 0. The molecule has 2 fully saturated rings. The summed E-state index contributed by atoms with van der Waals surface area (Å²) in [4.78, 5) is 46.9. The van der Waals surface area contributed by atoms with Crippen molar-refractivity contribution < 1.29 is 14.4 Å². The van der Waals surface area contributed by atoms with E-state index < -0.39 is 0 Å². The number of carbonyl (C=O) groups excluding carboxylic acids is 3. The van der Waals surface area contributed by atoms with Crippen LogP contribution in [0.15, 0.2) is 54.9 Å². The zero-order chi connectivity index (χ0) is 19.5. The van der Waals surface area contributed by atoms with Gasteiger partial charge in [-0.3, -0.25) is 19.4 Å². The number of hydrogen-bond donors (Lipinski definition) is 0. The van der Waals surface area contributed by atoms with Crippen LogP contribution < -0.4 is 4.90 Å². The maximum Gasteiger partial charge on any atom is 0.254 e. The fourth-order valence-corrected chi connectivity index (χ4v) is 3.80. The van der Waals surface area contributed by atoms with Gasteiger partial charge in [0.25, 0.3) is 5.91 Å². The molecule has 1 aromatic heterocycles. The SMILES string of the molecule is O=C(c1ccncc1)N1CCN(C(=O)[C@H]2CC(=O)N(c3ccccc3)C2)CC1. The molecule has 144 valence electrons. The molecule has 0 radical (unpaired) electrons. The predicted octanol–water partition coefficient (Wildman–Crippen LogP) is 1.42. The normalized spacial score (nSPS) is 19.8. The average molecular weight is 378 g/mol. The lowest BCUT2D eigenvalue weighted by Crippen LogP contribution is -2.52. The van der Waals surface area contributed by atoms with Crippen molar-refractivity contribution in [2.45, 2.75) is 6.42 Å². The third-order valence-corrected chi connectivity index (χ3v) is 5.35. The van der Waals surface area contributed by atoms with Crippen molar-refractivity contribution in [3.63, 3.8) is 0 Å². The molecule has 3 heterocycles. The number of anilines is 1. The second kappa shape index (κ2) is 7.80. The summed E-state index contributed by atoms with van der Waals surface area (Å²) in [6, 6.07) is 12.8. The van der Waals surface area contributed by atoms with E-state index in [1.54, 1.807) is 39.2 Å². The van der Waals surface area contributed by atoms with Crippen LogP contribution in [0.25, 0.3) is 0 Å². The monoisotopic (exact) mass is 378 g/mol. The molecule has 1 aromatic carbocycles. The smallest absolute Gasteiger partial charge is 0.254 e. The Morgan fingerprint density at radius 1 is 0.893 bits per heavy atom. The molecule has 0 bridgehead atoms. The standard InChI is InChI=1S/C21H22N4O3/c26-19-14-17(15-25(19)18-4-2-1-3-5-18)21(28)24-12-10-23(11-13-24)20(27)16-6-8-22-9-7-16/h1-9,17H,10-15H2/t17-/m0/s1. The summed E-state index contributed by atoms with van der Waals surface area (Å²) < 4.78 is 0. The Kier molecular flexibility index (Phi) is 5.06. The van der Waals surface area contributed by atoms with E-state index in [1.165, 1.54) is 0 Å². The van der Waals surface area contributed by atoms with E-state index in [2.05, 4.69) is 4.98 Å². The Morgan fingerprint density at radius 2 is 1.54 bits per heavy atom. The van der Waals surface area contributed by atoms with Crippen LogP contribution in [-0.2, 0) is 9.59 Å². The van der Waals surface area contributed by atoms with Gasteiger partial charge < -0.3 is 14.7 Å². The summed E-state index contributed by atoms with van der Waals surface area (Å²) in [5, 5.41) is 0. The van der Waals surface area contributed by atoms with E-state index in [1.807, 2.05) is 30.3 Å².